The molecule has 4 nitrogen and oxygen atoms in total. The van der Waals surface area contributed by atoms with E-state index in [4.69, 9.17) is 4.74 Å². The van der Waals surface area contributed by atoms with Gasteiger partial charge in [-0.2, -0.15) is 0 Å². The third-order valence-electron chi connectivity index (χ3n) is 5.75. The van der Waals surface area contributed by atoms with Crippen molar-refractivity contribution < 1.29 is 9.53 Å². The molecule has 0 aliphatic carbocycles. The standard InChI is InChI=1S/C22H26N2O2/c1-16-7-8-19-18(13-16)20(24-15-22(19)9-11-23-12-10-22)21(25)26-14-17-5-3-2-4-6-17/h2-8,13,20,23-24H,9-12,14-15H2,1H3. The van der Waals surface area contributed by atoms with Gasteiger partial charge in [-0.15, -0.1) is 0 Å². The van der Waals surface area contributed by atoms with Gasteiger partial charge in [-0.1, -0.05) is 54.1 Å². The summed E-state index contributed by atoms with van der Waals surface area (Å²) in [6.45, 7) is 5.27. The fourth-order valence-electron chi connectivity index (χ4n) is 4.28. The van der Waals surface area contributed by atoms with E-state index in [9.17, 15) is 4.79 Å². The Labute approximate surface area is 155 Å². The van der Waals surface area contributed by atoms with Crippen molar-refractivity contribution in [2.24, 2.45) is 0 Å². The summed E-state index contributed by atoms with van der Waals surface area (Å²) in [6, 6.07) is 16.0. The maximum absolute atomic E-state index is 12.8. The molecule has 0 saturated carbocycles. The summed E-state index contributed by atoms with van der Waals surface area (Å²) in [4.78, 5) is 12.8. The van der Waals surface area contributed by atoms with E-state index in [0.717, 1.165) is 43.6 Å². The zero-order chi connectivity index (χ0) is 18.0. The topological polar surface area (TPSA) is 50.4 Å². The van der Waals surface area contributed by atoms with Gasteiger partial charge in [-0.05, 0) is 49.5 Å². The SMILES string of the molecule is Cc1ccc2c(c1)C(C(=O)OCc1ccccc1)NCC21CCNCC1. The lowest BCUT2D eigenvalue weighted by atomic mass is 9.68. The van der Waals surface area contributed by atoms with Crippen molar-refractivity contribution in [3.05, 3.63) is 70.8 Å². The van der Waals surface area contributed by atoms with Crippen molar-refractivity contribution in [2.75, 3.05) is 19.6 Å². The maximum atomic E-state index is 12.8. The second-order valence-electron chi connectivity index (χ2n) is 7.53. The number of hydrogen-bond acceptors (Lipinski definition) is 4. The van der Waals surface area contributed by atoms with Crippen LogP contribution in [0.2, 0.25) is 0 Å². The third kappa shape index (κ3) is 3.27. The molecule has 1 saturated heterocycles. The van der Waals surface area contributed by atoms with Gasteiger partial charge in [0.2, 0.25) is 0 Å². The number of carbonyl (C=O) groups excluding carboxylic acids is 1. The van der Waals surface area contributed by atoms with Gasteiger partial charge in [0.05, 0.1) is 0 Å². The average Bonchev–Trinajstić information content (AvgIpc) is 2.68. The van der Waals surface area contributed by atoms with E-state index in [1.807, 2.05) is 30.3 Å². The molecule has 1 fully saturated rings. The Balaban J connectivity index is 1.58. The molecule has 2 heterocycles. The van der Waals surface area contributed by atoms with Crippen LogP contribution in [-0.2, 0) is 21.6 Å². The lowest BCUT2D eigenvalue weighted by molar-refractivity contribution is -0.148. The van der Waals surface area contributed by atoms with Crippen molar-refractivity contribution in [3.8, 4) is 0 Å². The van der Waals surface area contributed by atoms with Gasteiger partial charge in [-0.25, -0.2) is 4.79 Å². The highest BCUT2D eigenvalue weighted by molar-refractivity contribution is 5.79. The maximum Gasteiger partial charge on any atom is 0.328 e. The van der Waals surface area contributed by atoms with Crippen molar-refractivity contribution in [1.82, 2.24) is 10.6 Å². The van der Waals surface area contributed by atoms with E-state index in [-0.39, 0.29) is 17.4 Å². The first-order chi connectivity index (χ1) is 12.7. The van der Waals surface area contributed by atoms with Gasteiger partial charge in [-0.3, -0.25) is 5.32 Å². The molecule has 1 spiro atoms. The molecular weight excluding hydrogens is 324 g/mol. The number of ether oxygens (including phenoxy) is 1. The predicted octanol–water partition coefficient (Wildman–Crippen LogP) is 3.00. The van der Waals surface area contributed by atoms with E-state index < -0.39 is 0 Å². The second-order valence-corrected chi connectivity index (χ2v) is 7.53. The lowest BCUT2D eigenvalue weighted by Crippen LogP contribution is -2.52. The molecule has 2 N–H and O–H groups in total. The van der Waals surface area contributed by atoms with Crippen LogP contribution in [0.15, 0.2) is 48.5 Å². The number of piperidine rings is 1. The van der Waals surface area contributed by atoms with Crippen LogP contribution in [0.3, 0.4) is 0 Å². The summed E-state index contributed by atoms with van der Waals surface area (Å²) in [6.07, 6.45) is 2.20. The molecule has 1 atom stereocenters. The molecule has 2 aliphatic rings. The van der Waals surface area contributed by atoms with Gasteiger partial charge >= 0.3 is 5.97 Å². The summed E-state index contributed by atoms with van der Waals surface area (Å²) >= 11 is 0. The number of aryl methyl sites for hydroxylation is 1. The quantitative estimate of drug-likeness (QED) is 0.836. The fourth-order valence-corrected chi connectivity index (χ4v) is 4.28. The summed E-state index contributed by atoms with van der Waals surface area (Å²) < 4.78 is 5.63. The number of hydrogen-bond donors (Lipinski definition) is 2. The summed E-state index contributed by atoms with van der Waals surface area (Å²) in [7, 11) is 0. The molecule has 4 rings (SSSR count). The highest BCUT2D eigenvalue weighted by Crippen LogP contribution is 2.41. The molecule has 136 valence electrons. The van der Waals surface area contributed by atoms with Crippen LogP contribution < -0.4 is 10.6 Å². The van der Waals surface area contributed by atoms with E-state index in [1.54, 1.807) is 0 Å². The molecule has 2 aromatic rings. The van der Waals surface area contributed by atoms with E-state index in [2.05, 4.69) is 35.8 Å². The summed E-state index contributed by atoms with van der Waals surface area (Å²) in [5.74, 6) is -0.190. The molecular formula is C22H26N2O2. The van der Waals surface area contributed by atoms with Crippen molar-refractivity contribution in [3.63, 3.8) is 0 Å². The van der Waals surface area contributed by atoms with E-state index in [0.29, 0.717) is 6.61 Å². The van der Waals surface area contributed by atoms with Gasteiger partial charge in [0, 0.05) is 12.0 Å². The van der Waals surface area contributed by atoms with Crippen LogP contribution >= 0.6 is 0 Å². The molecule has 26 heavy (non-hydrogen) atoms. The zero-order valence-electron chi connectivity index (χ0n) is 15.3. The number of fused-ring (bicyclic) bond motifs is 2. The molecule has 4 heteroatoms. The Morgan fingerprint density at radius 2 is 1.92 bits per heavy atom. The Hall–Kier alpha value is -2.17. The molecule has 1 unspecified atom stereocenters. The highest BCUT2D eigenvalue weighted by atomic mass is 16.5. The van der Waals surface area contributed by atoms with Gasteiger partial charge in [0.25, 0.3) is 0 Å². The van der Waals surface area contributed by atoms with Crippen LogP contribution in [0.25, 0.3) is 0 Å². The Kier molecular flexibility index (Phi) is 4.79. The first kappa shape index (κ1) is 17.3. The normalized spacial score (nSPS) is 21.2. The second kappa shape index (κ2) is 7.22. The van der Waals surface area contributed by atoms with Crippen LogP contribution in [0.5, 0.6) is 0 Å². The van der Waals surface area contributed by atoms with Crippen molar-refractivity contribution >= 4 is 5.97 Å². The highest BCUT2D eigenvalue weighted by Gasteiger charge is 2.42. The minimum absolute atomic E-state index is 0.129. The molecule has 0 bridgehead atoms. The van der Waals surface area contributed by atoms with Crippen molar-refractivity contribution in [2.45, 2.75) is 37.8 Å². The molecule has 2 aromatic carbocycles. The monoisotopic (exact) mass is 350 g/mol. The van der Waals surface area contributed by atoms with E-state index >= 15 is 0 Å². The smallest absolute Gasteiger partial charge is 0.328 e. The number of nitrogens with one attached hydrogen (secondary N) is 2. The minimum Gasteiger partial charge on any atom is -0.459 e. The van der Waals surface area contributed by atoms with Crippen LogP contribution in [0, 0.1) is 6.92 Å². The lowest BCUT2D eigenvalue weighted by Gasteiger charge is -2.44. The van der Waals surface area contributed by atoms with Crippen LogP contribution in [0.1, 0.15) is 41.1 Å². The molecule has 0 radical (unpaired) electrons. The third-order valence-corrected chi connectivity index (χ3v) is 5.75. The van der Waals surface area contributed by atoms with Gasteiger partial charge in [0.1, 0.15) is 12.6 Å². The summed E-state index contributed by atoms with van der Waals surface area (Å²) in [5.41, 5.74) is 4.74. The minimum atomic E-state index is -0.380. The Bertz CT molecular complexity index is 782. The van der Waals surface area contributed by atoms with Crippen LogP contribution in [0.4, 0.5) is 0 Å². The molecule has 0 aromatic heterocycles. The largest absolute Gasteiger partial charge is 0.459 e. The van der Waals surface area contributed by atoms with Gasteiger partial charge in [0.15, 0.2) is 0 Å². The number of rotatable bonds is 3. The molecule has 2 aliphatic heterocycles. The Morgan fingerprint density at radius 1 is 1.15 bits per heavy atom. The van der Waals surface area contributed by atoms with Crippen molar-refractivity contribution in [1.29, 1.82) is 0 Å². The van der Waals surface area contributed by atoms with Crippen LogP contribution in [-0.4, -0.2) is 25.6 Å². The van der Waals surface area contributed by atoms with Gasteiger partial charge < -0.3 is 10.1 Å². The first-order valence-electron chi connectivity index (χ1n) is 9.44. The van der Waals surface area contributed by atoms with E-state index in [1.165, 1.54) is 11.1 Å². The first-order valence-corrected chi connectivity index (χ1v) is 9.44. The zero-order valence-corrected chi connectivity index (χ0v) is 15.3. The number of benzene rings is 2. The number of carbonyl (C=O) groups is 1. The summed E-state index contributed by atoms with van der Waals surface area (Å²) in [5, 5.41) is 6.95. The predicted molar refractivity (Wildman–Crippen MR) is 102 cm³/mol. The number of esters is 1. The Morgan fingerprint density at radius 3 is 2.69 bits per heavy atom. The average molecular weight is 350 g/mol. The molecule has 0 amide bonds. The fraction of sp³-hybridized carbons (Fsp3) is 0.409.